The Morgan fingerprint density at radius 2 is 1.96 bits per heavy atom. The lowest BCUT2D eigenvalue weighted by Gasteiger charge is -2.34. The Kier molecular flexibility index (Phi) is 5.26. The molecule has 0 radical (unpaired) electrons. The number of hydrogen-bond acceptors (Lipinski definition) is 5. The standard InChI is InChI=1S/C19H21N3O4/c1-25-14-8-6-13(7-9-14)10-21-18(23)12-22-11-17(19(20)24)26-16-5-3-2-4-15(16)22/h2-9,17H,10-12H2,1H3,(H2,20,24)(H,21,23)/t17-/m0/s1. The van der Waals surface area contributed by atoms with E-state index < -0.39 is 12.0 Å². The number of benzene rings is 2. The Morgan fingerprint density at radius 1 is 1.23 bits per heavy atom. The van der Waals surface area contributed by atoms with Crippen molar-refractivity contribution in [2.75, 3.05) is 25.1 Å². The van der Waals surface area contributed by atoms with Crippen LogP contribution in [0.5, 0.6) is 11.5 Å². The van der Waals surface area contributed by atoms with Crippen LogP contribution in [-0.2, 0) is 16.1 Å². The number of ether oxygens (including phenoxy) is 2. The maximum atomic E-state index is 12.4. The van der Waals surface area contributed by atoms with E-state index in [2.05, 4.69) is 5.32 Å². The molecule has 0 spiro atoms. The summed E-state index contributed by atoms with van der Waals surface area (Å²) in [5, 5.41) is 2.88. The molecule has 0 saturated heterocycles. The molecule has 7 nitrogen and oxygen atoms in total. The summed E-state index contributed by atoms with van der Waals surface area (Å²) >= 11 is 0. The quantitative estimate of drug-likeness (QED) is 0.808. The zero-order valence-electron chi connectivity index (χ0n) is 14.5. The van der Waals surface area contributed by atoms with Gasteiger partial charge in [-0.25, -0.2) is 0 Å². The molecule has 3 N–H and O–H groups in total. The SMILES string of the molecule is COc1ccc(CNC(=O)CN2C[C@@H](C(N)=O)Oc3ccccc32)cc1. The van der Waals surface area contributed by atoms with E-state index in [1.54, 1.807) is 18.1 Å². The second kappa shape index (κ2) is 7.77. The molecule has 0 fully saturated rings. The fourth-order valence-electron chi connectivity index (χ4n) is 2.78. The fraction of sp³-hybridized carbons (Fsp3) is 0.263. The van der Waals surface area contributed by atoms with Gasteiger partial charge in [0.25, 0.3) is 5.91 Å². The van der Waals surface area contributed by atoms with Crippen molar-refractivity contribution in [1.82, 2.24) is 5.32 Å². The first kappa shape index (κ1) is 17.6. The molecule has 2 aromatic rings. The van der Waals surface area contributed by atoms with Crippen LogP contribution in [0.4, 0.5) is 5.69 Å². The Morgan fingerprint density at radius 3 is 2.65 bits per heavy atom. The van der Waals surface area contributed by atoms with Gasteiger partial charge in [0.15, 0.2) is 6.10 Å². The van der Waals surface area contributed by atoms with Gasteiger partial charge in [-0.1, -0.05) is 24.3 Å². The van der Waals surface area contributed by atoms with Crippen LogP contribution in [0.15, 0.2) is 48.5 Å². The van der Waals surface area contributed by atoms with Crippen LogP contribution in [0.1, 0.15) is 5.56 Å². The molecule has 0 saturated carbocycles. The number of nitrogens with two attached hydrogens (primary N) is 1. The number of nitrogens with one attached hydrogen (secondary N) is 1. The molecule has 1 aliphatic heterocycles. The summed E-state index contributed by atoms with van der Waals surface area (Å²) in [6.07, 6.45) is -0.778. The lowest BCUT2D eigenvalue weighted by Crippen LogP contribution is -2.49. The summed E-state index contributed by atoms with van der Waals surface area (Å²) in [6.45, 7) is 0.761. The van der Waals surface area contributed by atoms with Gasteiger partial charge in [-0.2, -0.15) is 0 Å². The summed E-state index contributed by atoms with van der Waals surface area (Å²) in [5.74, 6) is 0.608. The molecule has 2 amide bonds. The molecule has 1 atom stereocenters. The number of anilines is 1. The van der Waals surface area contributed by atoms with Crippen molar-refractivity contribution in [2.45, 2.75) is 12.6 Å². The molecule has 1 aliphatic rings. The fourth-order valence-corrected chi connectivity index (χ4v) is 2.78. The number of hydrogen-bond donors (Lipinski definition) is 2. The third kappa shape index (κ3) is 4.05. The maximum Gasteiger partial charge on any atom is 0.260 e. The molecule has 0 bridgehead atoms. The molecule has 26 heavy (non-hydrogen) atoms. The first-order valence-corrected chi connectivity index (χ1v) is 8.26. The van der Waals surface area contributed by atoms with Crippen LogP contribution in [-0.4, -0.2) is 38.1 Å². The summed E-state index contributed by atoms with van der Waals surface area (Å²) in [7, 11) is 1.61. The number of fused-ring (bicyclic) bond motifs is 1. The molecular weight excluding hydrogens is 334 g/mol. The zero-order chi connectivity index (χ0) is 18.5. The first-order chi connectivity index (χ1) is 12.6. The topological polar surface area (TPSA) is 93.9 Å². The van der Waals surface area contributed by atoms with Crippen LogP contribution in [0.2, 0.25) is 0 Å². The highest BCUT2D eigenvalue weighted by Gasteiger charge is 2.30. The van der Waals surface area contributed by atoms with Gasteiger partial charge >= 0.3 is 0 Å². The largest absolute Gasteiger partial charge is 0.497 e. The summed E-state index contributed by atoms with van der Waals surface area (Å²) in [4.78, 5) is 25.7. The molecule has 0 aromatic heterocycles. The number of rotatable bonds is 6. The Balaban J connectivity index is 1.63. The second-order valence-electron chi connectivity index (χ2n) is 5.98. The zero-order valence-corrected chi connectivity index (χ0v) is 14.5. The van der Waals surface area contributed by atoms with E-state index in [9.17, 15) is 9.59 Å². The molecule has 0 aliphatic carbocycles. The Labute approximate surface area is 151 Å². The Bertz CT molecular complexity index is 792. The molecule has 136 valence electrons. The van der Waals surface area contributed by atoms with E-state index in [1.807, 2.05) is 42.5 Å². The van der Waals surface area contributed by atoms with Crippen LogP contribution in [0.3, 0.4) is 0 Å². The highest BCUT2D eigenvalue weighted by molar-refractivity contribution is 5.85. The predicted molar refractivity (Wildman–Crippen MR) is 97.1 cm³/mol. The third-order valence-electron chi connectivity index (χ3n) is 4.16. The highest BCUT2D eigenvalue weighted by Crippen LogP contribution is 2.32. The molecule has 2 aromatic carbocycles. The van der Waals surface area contributed by atoms with Crippen molar-refractivity contribution < 1.29 is 19.1 Å². The smallest absolute Gasteiger partial charge is 0.260 e. The third-order valence-corrected chi connectivity index (χ3v) is 4.16. The van der Waals surface area contributed by atoms with Crippen molar-refractivity contribution in [3.05, 3.63) is 54.1 Å². The number of primary amides is 1. The molecular formula is C19H21N3O4. The molecule has 0 unspecified atom stereocenters. The predicted octanol–water partition coefficient (Wildman–Crippen LogP) is 1.06. The van der Waals surface area contributed by atoms with E-state index in [0.29, 0.717) is 12.3 Å². The van der Waals surface area contributed by atoms with Gasteiger partial charge in [-0.3, -0.25) is 9.59 Å². The number of amides is 2. The molecule has 7 heteroatoms. The maximum absolute atomic E-state index is 12.4. The molecule has 1 heterocycles. The lowest BCUT2D eigenvalue weighted by molar-refractivity contribution is -0.125. The van der Waals surface area contributed by atoms with Crippen LogP contribution in [0.25, 0.3) is 0 Å². The average Bonchev–Trinajstić information content (AvgIpc) is 2.66. The number of carbonyl (C=O) groups excluding carboxylic acids is 2. The number of methoxy groups -OCH3 is 1. The summed E-state index contributed by atoms with van der Waals surface area (Å²) < 4.78 is 10.7. The minimum absolute atomic E-state index is 0.111. The van der Waals surface area contributed by atoms with E-state index in [1.165, 1.54) is 0 Å². The first-order valence-electron chi connectivity index (χ1n) is 8.26. The number of carbonyl (C=O) groups is 2. The average molecular weight is 355 g/mol. The van der Waals surface area contributed by atoms with E-state index >= 15 is 0 Å². The lowest BCUT2D eigenvalue weighted by atomic mass is 10.1. The summed E-state index contributed by atoms with van der Waals surface area (Å²) in [5.41, 5.74) is 7.11. The van der Waals surface area contributed by atoms with Crippen LogP contribution >= 0.6 is 0 Å². The van der Waals surface area contributed by atoms with Gasteiger partial charge in [-0.15, -0.1) is 0 Å². The van der Waals surface area contributed by atoms with Gasteiger partial charge in [0.05, 0.1) is 25.9 Å². The van der Waals surface area contributed by atoms with Crippen molar-refractivity contribution >= 4 is 17.5 Å². The highest BCUT2D eigenvalue weighted by atomic mass is 16.5. The number of para-hydroxylation sites is 2. The van der Waals surface area contributed by atoms with Gasteiger partial charge < -0.3 is 25.4 Å². The number of nitrogens with zero attached hydrogens (tertiary/aromatic N) is 1. The van der Waals surface area contributed by atoms with Gasteiger partial charge in [0.2, 0.25) is 5.91 Å². The van der Waals surface area contributed by atoms with Gasteiger partial charge in [0, 0.05) is 6.54 Å². The molecule has 3 rings (SSSR count). The van der Waals surface area contributed by atoms with E-state index in [4.69, 9.17) is 15.2 Å². The van der Waals surface area contributed by atoms with Crippen molar-refractivity contribution in [3.8, 4) is 11.5 Å². The second-order valence-corrected chi connectivity index (χ2v) is 5.98. The van der Waals surface area contributed by atoms with Crippen LogP contribution in [0, 0.1) is 0 Å². The van der Waals surface area contributed by atoms with Crippen LogP contribution < -0.4 is 25.4 Å². The summed E-state index contributed by atoms with van der Waals surface area (Å²) in [6, 6.07) is 14.8. The van der Waals surface area contributed by atoms with E-state index in [0.717, 1.165) is 17.0 Å². The monoisotopic (exact) mass is 355 g/mol. The van der Waals surface area contributed by atoms with Gasteiger partial charge in [-0.05, 0) is 29.8 Å². The van der Waals surface area contributed by atoms with Crippen molar-refractivity contribution in [2.24, 2.45) is 5.73 Å². The minimum Gasteiger partial charge on any atom is -0.497 e. The Hall–Kier alpha value is -3.22. The van der Waals surface area contributed by atoms with Crippen molar-refractivity contribution in [3.63, 3.8) is 0 Å². The minimum atomic E-state index is -0.778. The van der Waals surface area contributed by atoms with E-state index in [-0.39, 0.29) is 19.0 Å². The van der Waals surface area contributed by atoms with Gasteiger partial charge in [0.1, 0.15) is 11.5 Å². The van der Waals surface area contributed by atoms with Crippen molar-refractivity contribution in [1.29, 1.82) is 0 Å². The normalized spacial score (nSPS) is 15.6.